The number of benzene rings is 2. The number of para-hydroxylation sites is 1. The molecule has 1 fully saturated rings. The van der Waals surface area contributed by atoms with Crippen LogP contribution in [0.25, 0.3) is 22.6 Å². The molecular formula is C27H26N2O3. The average molecular weight is 427 g/mol. The van der Waals surface area contributed by atoms with Crippen LogP contribution in [0, 0.1) is 6.92 Å². The van der Waals surface area contributed by atoms with Gasteiger partial charge in [0.05, 0.1) is 16.8 Å². The normalized spacial score (nSPS) is 16.5. The van der Waals surface area contributed by atoms with Crippen LogP contribution in [0.4, 0.5) is 0 Å². The van der Waals surface area contributed by atoms with Gasteiger partial charge in [0.2, 0.25) is 0 Å². The zero-order valence-electron chi connectivity index (χ0n) is 18.3. The highest BCUT2D eigenvalue weighted by molar-refractivity contribution is 6.07. The highest BCUT2D eigenvalue weighted by Crippen LogP contribution is 2.37. The Balaban J connectivity index is 1.49. The monoisotopic (exact) mass is 426 g/mol. The number of aryl methyl sites for hydroxylation is 1. The van der Waals surface area contributed by atoms with E-state index in [1.54, 1.807) is 4.90 Å². The smallest absolute Gasteiger partial charge is 0.339 e. The zero-order chi connectivity index (χ0) is 22.1. The number of amides is 1. The fraction of sp³-hybridized carbons (Fsp3) is 0.296. The minimum atomic E-state index is -0.441. The number of pyridine rings is 1. The van der Waals surface area contributed by atoms with Crippen LogP contribution in [-0.4, -0.2) is 41.5 Å². The van der Waals surface area contributed by atoms with Gasteiger partial charge in [0.1, 0.15) is 0 Å². The summed E-state index contributed by atoms with van der Waals surface area (Å²) in [5, 5.41) is 0.779. The van der Waals surface area contributed by atoms with Crippen molar-refractivity contribution in [1.82, 2.24) is 9.88 Å². The summed E-state index contributed by atoms with van der Waals surface area (Å²) in [6.45, 7) is 3.35. The van der Waals surface area contributed by atoms with Gasteiger partial charge >= 0.3 is 5.97 Å². The van der Waals surface area contributed by atoms with Gasteiger partial charge in [0.25, 0.3) is 5.91 Å². The van der Waals surface area contributed by atoms with E-state index in [9.17, 15) is 9.59 Å². The molecule has 162 valence electrons. The maximum atomic E-state index is 13.2. The molecule has 1 aliphatic carbocycles. The van der Waals surface area contributed by atoms with E-state index in [4.69, 9.17) is 9.72 Å². The molecule has 0 bridgehead atoms. The molecular weight excluding hydrogens is 400 g/mol. The second-order valence-electron chi connectivity index (χ2n) is 8.58. The standard InChI is InChI=1S/C27H26N2O3/c1-18-8-10-19(11-9-18)16-20-12-13-22-25(21-6-2-3-7-23(21)28-26(20)22)27(31)32-17-24(30)29-14-4-5-15-29/h2-3,6-11,16H,4-5,12-15,17H2,1H3/b20-16-. The first kappa shape index (κ1) is 20.4. The van der Waals surface area contributed by atoms with Crippen LogP contribution >= 0.6 is 0 Å². The molecule has 2 aromatic carbocycles. The molecule has 0 N–H and O–H groups in total. The predicted octanol–water partition coefficient (Wildman–Crippen LogP) is 4.81. The van der Waals surface area contributed by atoms with E-state index >= 15 is 0 Å². The van der Waals surface area contributed by atoms with Crippen molar-refractivity contribution in [3.8, 4) is 0 Å². The molecule has 0 spiro atoms. The zero-order valence-corrected chi connectivity index (χ0v) is 18.3. The fourth-order valence-corrected chi connectivity index (χ4v) is 4.63. The Morgan fingerprint density at radius 3 is 2.56 bits per heavy atom. The molecule has 5 nitrogen and oxygen atoms in total. The van der Waals surface area contributed by atoms with Crippen LogP contribution in [0.2, 0.25) is 0 Å². The van der Waals surface area contributed by atoms with Crippen LogP contribution in [0.1, 0.15) is 52.0 Å². The lowest BCUT2D eigenvalue weighted by atomic mass is 10.0. The van der Waals surface area contributed by atoms with Crippen LogP contribution < -0.4 is 0 Å². The van der Waals surface area contributed by atoms with E-state index in [0.717, 1.165) is 72.1 Å². The number of allylic oxidation sites excluding steroid dienone is 1. The lowest BCUT2D eigenvalue weighted by molar-refractivity contribution is -0.133. The van der Waals surface area contributed by atoms with Crippen molar-refractivity contribution in [1.29, 1.82) is 0 Å². The van der Waals surface area contributed by atoms with E-state index in [1.165, 1.54) is 5.56 Å². The lowest BCUT2D eigenvalue weighted by Gasteiger charge is -2.16. The summed E-state index contributed by atoms with van der Waals surface area (Å²) in [4.78, 5) is 32.3. The third-order valence-electron chi connectivity index (χ3n) is 6.35. The second kappa shape index (κ2) is 8.58. The first-order chi connectivity index (χ1) is 15.6. The Morgan fingerprint density at radius 1 is 1.03 bits per heavy atom. The molecule has 5 heteroatoms. The summed E-state index contributed by atoms with van der Waals surface area (Å²) >= 11 is 0. The number of carbonyl (C=O) groups excluding carboxylic acids is 2. The molecule has 1 saturated heterocycles. The molecule has 3 aromatic rings. The van der Waals surface area contributed by atoms with Gasteiger partial charge in [0, 0.05) is 18.5 Å². The number of aromatic nitrogens is 1. The Morgan fingerprint density at radius 2 is 1.78 bits per heavy atom. The highest BCUT2D eigenvalue weighted by Gasteiger charge is 2.28. The third kappa shape index (κ3) is 3.91. The van der Waals surface area contributed by atoms with Crippen molar-refractivity contribution >= 4 is 34.4 Å². The van der Waals surface area contributed by atoms with Gasteiger partial charge in [0.15, 0.2) is 6.61 Å². The summed E-state index contributed by atoms with van der Waals surface area (Å²) in [5.41, 5.74) is 6.55. The molecule has 1 aromatic heterocycles. The number of fused-ring (bicyclic) bond motifs is 2. The molecule has 2 aliphatic rings. The summed E-state index contributed by atoms with van der Waals surface area (Å²) in [6, 6.07) is 16.0. The number of hydrogen-bond acceptors (Lipinski definition) is 4. The van der Waals surface area contributed by atoms with Gasteiger partial charge in [-0.25, -0.2) is 9.78 Å². The third-order valence-corrected chi connectivity index (χ3v) is 6.35. The number of ether oxygens (including phenoxy) is 1. The number of nitrogens with zero attached hydrogens (tertiary/aromatic N) is 2. The molecule has 0 unspecified atom stereocenters. The molecule has 1 amide bonds. The van der Waals surface area contributed by atoms with Crippen molar-refractivity contribution in [2.45, 2.75) is 32.6 Å². The maximum Gasteiger partial charge on any atom is 0.339 e. The van der Waals surface area contributed by atoms with Gasteiger partial charge in [-0.15, -0.1) is 0 Å². The van der Waals surface area contributed by atoms with Crippen molar-refractivity contribution < 1.29 is 14.3 Å². The number of likely N-dealkylation sites (tertiary alicyclic amines) is 1. The van der Waals surface area contributed by atoms with E-state index in [0.29, 0.717) is 5.56 Å². The largest absolute Gasteiger partial charge is 0.452 e. The number of rotatable bonds is 4. The number of esters is 1. The van der Waals surface area contributed by atoms with Crippen LogP contribution in [0.15, 0.2) is 48.5 Å². The van der Waals surface area contributed by atoms with Gasteiger partial charge in [-0.2, -0.15) is 0 Å². The number of carbonyl (C=O) groups is 2. The number of hydrogen-bond donors (Lipinski definition) is 0. The molecule has 0 saturated carbocycles. The molecule has 5 rings (SSSR count). The van der Waals surface area contributed by atoms with Gasteiger partial charge < -0.3 is 9.64 Å². The van der Waals surface area contributed by atoms with Crippen molar-refractivity contribution in [3.05, 3.63) is 76.5 Å². The Kier molecular flexibility index (Phi) is 5.48. The minimum Gasteiger partial charge on any atom is -0.452 e. The topological polar surface area (TPSA) is 59.5 Å². The fourth-order valence-electron chi connectivity index (χ4n) is 4.63. The predicted molar refractivity (Wildman–Crippen MR) is 125 cm³/mol. The second-order valence-corrected chi connectivity index (χ2v) is 8.58. The Labute approximate surface area is 187 Å². The molecule has 0 atom stereocenters. The first-order valence-electron chi connectivity index (χ1n) is 11.2. The van der Waals surface area contributed by atoms with Gasteiger partial charge in [-0.05, 0) is 61.4 Å². The van der Waals surface area contributed by atoms with E-state index in [1.807, 2.05) is 24.3 Å². The van der Waals surface area contributed by atoms with E-state index < -0.39 is 5.97 Å². The van der Waals surface area contributed by atoms with Crippen LogP contribution in [0.3, 0.4) is 0 Å². The SMILES string of the molecule is Cc1ccc(/C=C2/CCc3c2nc2ccccc2c3C(=O)OCC(=O)N2CCCC2)cc1. The first-order valence-corrected chi connectivity index (χ1v) is 11.2. The molecule has 0 radical (unpaired) electrons. The van der Waals surface area contributed by atoms with Gasteiger partial charge in [-0.3, -0.25) is 4.79 Å². The minimum absolute atomic E-state index is 0.120. The van der Waals surface area contributed by atoms with Crippen molar-refractivity contribution in [3.63, 3.8) is 0 Å². The quantitative estimate of drug-likeness (QED) is 0.562. The lowest BCUT2D eigenvalue weighted by Crippen LogP contribution is -2.32. The summed E-state index contributed by atoms with van der Waals surface area (Å²) in [5.74, 6) is -0.560. The van der Waals surface area contributed by atoms with Crippen molar-refractivity contribution in [2.24, 2.45) is 0 Å². The van der Waals surface area contributed by atoms with Crippen LogP contribution in [0.5, 0.6) is 0 Å². The molecule has 1 aliphatic heterocycles. The molecule has 2 heterocycles. The average Bonchev–Trinajstić information content (AvgIpc) is 3.48. The summed E-state index contributed by atoms with van der Waals surface area (Å²) in [7, 11) is 0. The Hall–Kier alpha value is -3.47. The van der Waals surface area contributed by atoms with Crippen molar-refractivity contribution in [2.75, 3.05) is 19.7 Å². The van der Waals surface area contributed by atoms with Crippen LogP contribution in [-0.2, 0) is 16.0 Å². The maximum absolute atomic E-state index is 13.2. The highest BCUT2D eigenvalue weighted by atomic mass is 16.5. The summed E-state index contributed by atoms with van der Waals surface area (Å²) in [6.07, 6.45) is 5.73. The Bertz CT molecular complexity index is 1220. The van der Waals surface area contributed by atoms with Gasteiger partial charge in [-0.1, -0.05) is 48.0 Å². The summed E-state index contributed by atoms with van der Waals surface area (Å²) < 4.78 is 5.52. The molecule has 32 heavy (non-hydrogen) atoms. The van der Waals surface area contributed by atoms with E-state index in [2.05, 4.69) is 37.3 Å². The van der Waals surface area contributed by atoms with E-state index in [-0.39, 0.29) is 12.5 Å².